The first-order chi connectivity index (χ1) is 6.79. The SMILES string of the molecule is COCCn1nncc1C(O)COC. The van der Waals surface area contributed by atoms with Crippen LogP contribution < -0.4 is 0 Å². The first-order valence-corrected chi connectivity index (χ1v) is 4.34. The normalized spacial score (nSPS) is 13.1. The summed E-state index contributed by atoms with van der Waals surface area (Å²) in [5, 5.41) is 17.2. The van der Waals surface area contributed by atoms with Gasteiger partial charge in [0, 0.05) is 14.2 Å². The molecule has 1 atom stereocenters. The fourth-order valence-electron chi connectivity index (χ4n) is 1.12. The minimum Gasteiger partial charge on any atom is -0.384 e. The fraction of sp³-hybridized carbons (Fsp3) is 0.750. The van der Waals surface area contributed by atoms with Crippen LogP contribution >= 0.6 is 0 Å². The summed E-state index contributed by atoms with van der Waals surface area (Å²) < 4.78 is 11.3. The minimum absolute atomic E-state index is 0.236. The largest absolute Gasteiger partial charge is 0.384 e. The zero-order valence-corrected chi connectivity index (χ0v) is 8.38. The van der Waals surface area contributed by atoms with Crippen molar-refractivity contribution in [1.29, 1.82) is 0 Å². The van der Waals surface area contributed by atoms with E-state index in [0.29, 0.717) is 18.8 Å². The number of ether oxygens (including phenoxy) is 2. The average Bonchev–Trinajstić information content (AvgIpc) is 2.63. The summed E-state index contributed by atoms with van der Waals surface area (Å²) in [6, 6.07) is 0. The van der Waals surface area contributed by atoms with Crippen LogP contribution in [0.1, 0.15) is 11.8 Å². The van der Waals surface area contributed by atoms with E-state index in [2.05, 4.69) is 10.3 Å². The van der Waals surface area contributed by atoms with E-state index in [-0.39, 0.29) is 6.61 Å². The van der Waals surface area contributed by atoms with E-state index in [1.165, 1.54) is 13.3 Å². The molecule has 1 heterocycles. The predicted molar refractivity (Wildman–Crippen MR) is 48.7 cm³/mol. The second-order valence-corrected chi connectivity index (χ2v) is 2.85. The number of hydrogen-bond donors (Lipinski definition) is 1. The van der Waals surface area contributed by atoms with Crippen molar-refractivity contribution in [3.8, 4) is 0 Å². The van der Waals surface area contributed by atoms with Gasteiger partial charge in [0.05, 0.1) is 31.6 Å². The molecule has 6 nitrogen and oxygen atoms in total. The third-order valence-corrected chi connectivity index (χ3v) is 1.82. The third-order valence-electron chi connectivity index (χ3n) is 1.82. The number of nitrogens with zero attached hydrogens (tertiary/aromatic N) is 3. The molecule has 0 bridgehead atoms. The molecule has 0 spiro atoms. The zero-order valence-electron chi connectivity index (χ0n) is 8.38. The molecule has 6 heteroatoms. The zero-order chi connectivity index (χ0) is 10.4. The van der Waals surface area contributed by atoms with Crippen LogP contribution in [0.15, 0.2) is 6.20 Å². The van der Waals surface area contributed by atoms with Gasteiger partial charge in [-0.3, -0.25) is 0 Å². The van der Waals surface area contributed by atoms with E-state index in [1.54, 1.807) is 11.8 Å². The maximum Gasteiger partial charge on any atom is 0.120 e. The maximum atomic E-state index is 9.62. The Morgan fingerprint density at radius 2 is 2.29 bits per heavy atom. The van der Waals surface area contributed by atoms with Crippen molar-refractivity contribution in [3.05, 3.63) is 11.9 Å². The van der Waals surface area contributed by atoms with Crippen molar-refractivity contribution in [3.63, 3.8) is 0 Å². The Morgan fingerprint density at radius 1 is 1.50 bits per heavy atom. The van der Waals surface area contributed by atoms with E-state index >= 15 is 0 Å². The first kappa shape index (κ1) is 11.1. The molecular formula is C8H15N3O3. The molecule has 0 saturated carbocycles. The van der Waals surface area contributed by atoms with Crippen LogP contribution in [0, 0.1) is 0 Å². The predicted octanol–water partition coefficient (Wildman–Crippen LogP) is -0.396. The van der Waals surface area contributed by atoms with Crippen molar-refractivity contribution in [2.24, 2.45) is 0 Å². The fourth-order valence-corrected chi connectivity index (χ4v) is 1.12. The summed E-state index contributed by atoms with van der Waals surface area (Å²) in [6.45, 7) is 1.35. The quantitative estimate of drug-likeness (QED) is 0.678. The van der Waals surface area contributed by atoms with Gasteiger partial charge in [-0.05, 0) is 0 Å². The molecule has 0 aromatic carbocycles. The molecule has 80 valence electrons. The van der Waals surface area contributed by atoms with Crippen molar-refractivity contribution in [2.45, 2.75) is 12.6 Å². The topological polar surface area (TPSA) is 69.4 Å². The third kappa shape index (κ3) is 2.76. The van der Waals surface area contributed by atoms with E-state index in [9.17, 15) is 5.11 Å². The van der Waals surface area contributed by atoms with Gasteiger partial charge >= 0.3 is 0 Å². The molecule has 0 saturated heterocycles. The molecule has 1 unspecified atom stereocenters. The van der Waals surface area contributed by atoms with Gasteiger partial charge in [-0.25, -0.2) is 4.68 Å². The van der Waals surface area contributed by atoms with Gasteiger partial charge in [-0.2, -0.15) is 0 Å². The summed E-state index contributed by atoms with van der Waals surface area (Å²) in [5.74, 6) is 0. The van der Waals surface area contributed by atoms with Crippen molar-refractivity contribution >= 4 is 0 Å². The summed E-state index contributed by atoms with van der Waals surface area (Å²) in [7, 11) is 3.15. The molecule has 0 aliphatic heterocycles. The summed E-state index contributed by atoms with van der Waals surface area (Å²) >= 11 is 0. The number of methoxy groups -OCH3 is 2. The lowest BCUT2D eigenvalue weighted by Crippen LogP contribution is -2.15. The van der Waals surface area contributed by atoms with E-state index < -0.39 is 6.10 Å². The number of rotatable bonds is 6. The molecule has 1 aromatic rings. The lowest BCUT2D eigenvalue weighted by Gasteiger charge is -2.10. The van der Waals surface area contributed by atoms with Crippen LogP contribution in [-0.2, 0) is 16.0 Å². The highest BCUT2D eigenvalue weighted by Crippen LogP contribution is 2.10. The van der Waals surface area contributed by atoms with Crippen molar-refractivity contribution in [2.75, 3.05) is 27.4 Å². The molecule has 0 aliphatic carbocycles. The minimum atomic E-state index is -0.688. The second-order valence-electron chi connectivity index (χ2n) is 2.85. The highest BCUT2D eigenvalue weighted by Gasteiger charge is 2.13. The Labute approximate surface area is 82.4 Å². The average molecular weight is 201 g/mol. The Morgan fingerprint density at radius 3 is 2.93 bits per heavy atom. The second kappa shape index (κ2) is 5.69. The Kier molecular flexibility index (Phi) is 4.51. The van der Waals surface area contributed by atoms with Gasteiger partial charge in [0.1, 0.15) is 6.10 Å². The van der Waals surface area contributed by atoms with Crippen LogP contribution in [0.4, 0.5) is 0 Å². The van der Waals surface area contributed by atoms with Crippen LogP contribution in [-0.4, -0.2) is 47.5 Å². The maximum absolute atomic E-state index is 9.62. The number of aliphatic hydroxyl groups is 1. The van der Waals surface area contributed by atoms with Crippen LogP contribution in [0.5, 0.6) is 0 Å². The molecule has 1 N–H and O–H groups in total. The lowest BCUT2D eigenvalue weighted by molar-refractivity contribution is 0.0573. The number of aromatic nitrogens is 3. The monoisotopic (exact) mass is 201 g/mol. The van der Waals surface area contributed by atoms with Crippen LogP contribution in [0.25, 0.3) is 0 Å². The Balaban J connectivity index is 2.61. The van der Waals surface area contributed by atoms with Gasteiger partial charge in [0.25, 0.3) is 0 Å². The molecule has 0 radical (unpaired) electrons. The van der Waals surface area contributed by atoms with E-state index in [1.807, 2.05) is 0 Å². The molecule has 1 rings (SSSR count). The standard InChI is InChI=1S/C8H15N3O3/c1-13-4-3-11-7(5-9-10-11)8(12)6-14-2/h5,8,12H,3-4,6H2,1-2H3. The molecule has 14 heavy (non-hydrogen) atoms. The van der Waals surface area contributed by atoms with Crippen LogP contribution in [0.2, 0.25) is 0 Å². The molecule has 1 aromatic heterocycles. The molecular weight excluding hydrogens is 186 g/mol. The highest BCUT2D eigenvalue weighted by atomic mass is 16.5. The molecule has 0 aliphatic rings. The van der Waals surface area contributed by atoms with Gasteiger partial charge in [-0.1, -0.05) is 5.21 Å². The smallest absolute Gasteiger partial charge is 0.120 e. The highest BCUT2D eigenvalue weighted by molar-refractivity contribution is 4.98. The Hall–Kier alpha value is -0.980. The van der Waals surface area contributed by atoms with Crippen molar-refractivity contribution in [1.82, 2.24) is 15.0 Å². The van der Waals surface area contributed by atoms with Gasteiger partial charge in [0.2, 0.25) is 0 Å². The summed E-state index contributed by atoms with van der Waals surface area (Å²) in [5.41, 5.74) is 0.643. The molecule has 0 fully saturated rings. The van der Waals surface area contributed by atoms with Gasteiger partial charge in [-0.15, -0.1) is 5.10 Å². The summed E-state index contributed by atoms with van der Waals surface area (Å²) in [6.07, 6.45) is 0.839. The number of hydrogen-bond acceptors (Lipinski definition) is 5. The Bertz CT molecular complexity index is 264. The first-order valence-electron chi connectivity index (χ1n) is 4.34. The van der Waals surface area contributed by atoms with E-state index in [0.717, 1.165) is 0 Å². The summed E-state index contributed by atoms with van der Waals surface area (Å²) in [4.78, 5) is 0. The van der Waals surface area contributed by atoms with Gasteiger partial charge in [0.15, 0.2) is 0 Å². The lowest BCUT2D eigenvalue weighted by atomic mass is 10.3. The number of aliphatic hydroxyl groups excluding tert-OH is 1. The molecule has 0 amide bonds. The van der Waals surface area contributed by atoms with Crippen LogP contribution in [0.3, 0.4) is 0 Å². The van der Waals surface area contributed by atoms with Gasteiger partial charge < -0.3 is 14.6 Å². The van der Waals surface area contributed by atoms with E-state index in [4.69, 9.17) is 9.47 Å². The van der Waals surface area contributed by atoms with Crippen molar-refractivity contribution < 1.29 is 14.6 Å².